The summed E-state index contributed by atoms with van der Waals surface area (Å²) in [6, 6.07) is 4.14. The summed E-state index contributed by atoms with van der Waals surface area (Å²) in [7, 11) is 1.72. The molecule has 0 saturated carbocycles. The largest absolute Gasteiger partial charge is 0.495 e. The van der Waals surface area contributed by atoms with Crippen LogP contribution >= 0.6 is 31.9 Å². The van der Waals surface area contributed by atoms with E-state index in [0.717, 1.165) is 33.7 Å². The van der Waals surface area contributed by atoms with Crippen molar-refractivity contribution in [2.45, 2.75) is 26.3 Å². The number of methoxy groups -OCH3 is 1. The molecular formula is C16H24Br2N2O. The summed E-state index contributed by atoms with van der Waals surface area (Å²) in [4.78, 5) is 2.53. The number of piperidine rings is 1. The van der Waals surface area contributed by atoms with Crippen LogP contribution in [0.5, 0.6) is 5.75 Å². The van der Waals surface area contributed by atoms with E-state index in [-0.39, 0.29) is 0 Å². The van der Waals surface area contributed by atoms with Crippen molar-refractivity contribution in [3.05, 3.63) is 26.6 Å². The van der Waals surface area contributed by atoms with Gasteiger partial charge in [0.25, 0.3) is 0 Å². The van der Waals surface area contributed by atoms with Crippen LogP contribution in [0.15, 0.2) is 21.1 Å². The van der Waals surface area contributed by atoms with Crippen molar-refractivity contribution in [2.24, 2.45) is 5.92 Å². The number of likely N-dealkylation sites (tertiary alicyclic amines) is 1. The molecule has 1 saturated heterocycles. The molecule has 2 rings (SSSR count). The number of hydrogen-bond donors (Lipinski definition) is 1. The Morgan fingerprint density at radius 1 is 1.29 bits per heavy atom. The third kappa shape index (κ3) is 4.95. The fraction of sp³-hybridized carbons (Fsp3) is 0.625. The predicted octanol–water partition coefficient (Wildman–Crippen LogP) is 4.04. The van der Waals surface area contributed by atoms with Gasteiger partial charge >= 0.3 is 0 Å². The quantitative estimate of drug-likeness (QED) is 0.752. The second-order valence-corrected chi connectivity index (χ2v) is 7.36. The lowest BCUT2D eigenvalue weighted by Crippen LogP contribution is -2.37. The molecular weight excluding hydrogens is 396 g/mol. The first-order chi connectivity index (χ1) is 10.1. The highest BCUT2D eigenvalue weighted by Gasteiger charge is 2.18. The molecule has 0 unspecified atom stereocenters. The molecule has 5 heteroatoms. The zero-order chi connectivity index (χ0) is 15.2. The van der Waals surface area contributed by atoms with Crippen molar-refractivity contribution >= 4 is 31.9 Å². The van der Waals surface area contributed by atoms with Crippen molar-refractivity contribution in [1.82, 2.24) is 10.2 Å². The lowest BCUT2D eigenvalue weighted by atomic mass is 9.97. The van der Waals surface area contributed by atoms with Gasteiger partial charge in [-0.1, -0.05) is 22.9 Å². The van der Waals surface area contributed by atoms with Gasteiger partial charge in [-0.15, -0.1) is 0 Å². The Morgan fingerprint density at radius 2 is 2.00 bits per heavy atom. The van der Waals surface area contributed by atoms with E-state index in [2.05, 4.69) is 55.1 Å². The van der Waals surface area contributed by atoms with Crippen molar-refractivity contribution < 1.29 is 4.74 Å². The number of hydrogen-bond acceptors (Lipinski definition) is 3. The van der Waals surface area contributed by atoms with E-state index >= 15 is 0 Å². The van der Waals surface area contributed by atoms with E-state index in [1.165, 1.54) is 38.0 Å². The normalized spacial score (nSPS) is 17.1. The Bertz CT molecular complexity index is 460. The smallest absolute Gasteiger partial charge is 0.137 e. The van der Waals surface area contributed by atoms with E-state index in [1.807, 2.05) is 6.07 Å². The lowest BCUT2D eigenvalue weighted by Gasteiger charge is -2.31. The topological polar surface area (TPSA) is 24.5 Å². The summed E-state index contributed by atoms with van der Waals surface area (Å²) >= 11 is 7.09. The van der Waals surface area contributed by atoms with E-state index in [1.54, 1.807) is 7.11 Å². The Kier molecular flexibility index (Phi) is 6.99. The predicted molar refractivity (Wildman–Crippen MR) is 94.9 cm³/mol. The summed E-state index contributed by atoms with van der Waals surface area (Å²) in [5, 5.41) is 3.59. The number of nitrogens with zero attached hydrogens (tertiary/aromatic N) is 1. The second kappa shape index (κ2) is 8.51. The van der Waals surface area contributed by atoms with Crippen LogP contribution in [-0.2, 0) is 6.54 Å². The maximum absolute atomic E-state index is 5.49. The van der Waals surface area contributed by atoms with Crippen LogP contribution in [0.25, 0.3) is 0 Å². The van der Waals surface area contributed by atoms with Crippen LogP contribution in [-0.4, -0.2) is 38.2 Å². The maximum atomic E-state index is 5.49. The highest BCUT2D eigenvalue weighted by Crippen LogP contribution is 2.32. The van der Waals surface area contributed by atoms with Crippen molar-refractivity contribution in [3.8, 4) is 5.75 Å². The Morgan fingerprint density at radius 3 is 2.62 bits per heavy atom. The zero-order valence-corrected chi connectivity index (χ0v) is 16.0. The van der Waals surface area contributed by atoms with Gasteiger partial charge in [-0.3, -0.25) is 0 Å². The number of halogens is 2. The molecule has 1 aromatic rings. The Labute approximate surface area is 144 Å². The van der Waals surface area contributed by atoms with Crippen molar-refractivity contribution in [2.75, 3.05) is 33.3 Å². The highest BCUT2D eigenvalue weighted by molar-refractivity contribution is 9.11. The molecule has 1 aliphatic heterocycles. The number of ether oxygens (including phenoxy) is 1. The standard InChI is InChI=1S/C16H24Br2N2O/c1-3-20-6-4-12(5-7-20)10-19-11-13-8-14(17)9-15(18)16(13)21-2/h8-9,12,19H,3-7,10-11H2,1-2H3. The fourth-order valence-corrected chi connectivity index (χ4v) is 4.37. The minimum absolute atomic E-state index is 0.800. The molecule has 1 aromatic carbocycles. The van der Waals surface area contributed by atoms with Gasteiger partial charge in [0.05, 0.1) is 11.6 Å². The first kappa shape index (κ1) is 17.3. The molecule has 3 nitrogen and oxygen atoms in total. The van der Waals surface area contributed by atoms with Crippen LogP contribution in [0, 0.1) is 5.92 Å². The molecule has 1 aliphatic rings. The Hall–Kier alpha value is -0.100. The molecule has 0 radical (unpaired) electrons. The van der Waals surface area contributed by atoms with Gasteiger partial charge in [0.15, 0.2) is 0 Å². The molecule has 1 heterocycles. The minimum Gasteiger partial charge on any atom is -0.495 e. The van der Waals surface area contributed by atoms with Gasteiger partial charge in [0, 0.05) is 16.6 Å². The zero-order valence-electron chi connectivity index (χ0n) is 12.8. The fourth-order valence-electron chi connectivity index (χ4n) is 2.89. The number of nitrogens with one attached hydrogen (secondary N) is 1. The van der Waals surface area contributed by atoms with E-state index < -0.39 is 0 Å². The van der Waals surface area contributed by atoms with Crippen molar-refractivity contribution in [1.29, 1.82) is 0 Å². The average Bonchev–Trinajstić information content (AvgIpc) is 2.47. The molecule has 1 N–H and O–H groups in total. The van der Waals surface area contributed by atoms with Crippen LogP contribution in [0.4, 0.5) is 0 Å². The number of benzene rings is 1. The van der Waals surface area contributed by atoms with Gasteiger partial charge in [0.2, 0.25) is 0 Å². The van der Waals surface area contributed by atoms with Crippen molar-refractivity contribution in [3.63, 3.8) is 0 Å². The van der Waals surface area contributed by atoms with Crippen LogP contribution in [0.3, 0.4) is 0 Å². The first-order valence-electron chi connectivity index (χ1n) is 7.59. The average molecular weight is 420 g/mol. The van der Waals surface area contributed by atoms with Crippen LogP contribution in [0.1, 0.15) is 25.3 Å². The van der Waals surface area contributed by atoms with E-state index in [9.17, 15) is 0 Å². The Balaban J connectivity index is 1.84. The van der Waals surface area contributed by atoms with E-state index in [4.69, 9.17) is 4.74 Å². The summed E-state index contributed by atoms with van der Waals surface area (Å²) < 4.78 is 7.55. The molecule has 0 atom stereocenters. The SMILES string of the molecule is CCN1CCC(CNCc2cc(Br)cc(Br)c2OC)CC1. The van der Waals surface area contributed by atoms with E-state index in [0.29, 0.717) is 0 Å². The van der Waals surface area contributed by atoms with Gasteiger partial charge in [-0.05, 0) is 73.0 Å². The molecule has 0 aliphatic carbocycles. The summed E-state index contributed by atoms with van der Waals surface area (Å²) in [5.41, 5.74) is 1.18. The molecule has 0 amide bonds. The summed E-state index contributed by atoms with van der Waals surface area (Å²) in [6.07, 6.45) is 2.61. The monoisotopic (exact) mass is 418 g/mol. The first-order valence-corrected chi connectivity index (χ1v) is 9.17. The molecule has 1 fully saturated rings. The maximum Gasteiger partial charge on any atom is 0.137 e. The number of rotatable bonds is 6. The van der Waals surface area contributed by atoms with Gasteiger partial charge in [-0.2, -0.15) is 0 Å². The van der Waals surface area contributed by atoms with Gasteiger partial charge < -0.3 is 15.0 Å². The molecule has 0 spiro atoms. The van der Waals surface area contributed by atoms with Crippen LogP contribution < -0.4 is 10.1 Å². The van der Waals surface area contributed by atoms with Gasteiger partial charge in [-0.25, -0.2) is 0 Å². The van der Waals surface area contributed by atoms with Gasteiger partial charge in [0.1, 0.15) is 5.75 Å². The highest BCUT2D eigenvalue weighted by atomic mass is 79.9. The summed E-state index contributed by atoms with van der Waals surface area (Å²) in [5.74, 6) is 1.72. The molecule has 0 aromatic heterocycles. The summed E-state index contributed by atoms with van der Waals surface area (Å²) in [6.45, 7) is 7.85. The molecule has 21 heavy (non-hydrogen) atoms. The molecule has 118 valence electrons. The third-order valence-electron chi connectivity index (χ3n) is 4.19. The van der Waals surface area contributed by atoms with Crippen LogP contribution in [0.2, 0.25) is 0 Å². The lowest BCUT2D eigenvalue weighted by molar-refractivity contribution is 0.190. The minimum atomic E-state index is 0.800. The third-order valence-corrected chi connectivity index (χ3v) is 5.24. The molecule has 0 bridgehead atoms. The second-order valence-electron chi connectivity index (χ2n) is 5.59.